The molecule has 2 saturated heterocycles. The number of piperazine rings is 1. The lowest BCUT2D eigenvalue weighted by Gasteiger charge is -2.37. The number of hydrogen-bond acceptors (Lipinski definition) is 5. The largest absolute Gasteiger partial charge is 0.352 e. The molecule has 0 spiro atoms. The van der Waals surface area contributed by atoms with Crippen LogP contribution in [0.15, 0.2) is 24.5 Å². The number of likely N-dealkylation sites (tertiary alicyclic amines) is 1. The smallest absolute Gasteiger partial charge is 0.224 e. The molecule has 4 heterocycles. The Morgan fingerprint density at radius 2 is 2.00 bits per heavy atom. The highest BCUT2D eigenvalue weighted by Gasteiger charge is 2.27. The van der Waals surface area contributed by atoms with E-state index < -0.39 is 0 Å². The lowest BCUT2D eigenvalue weighted by molar-refractivity contribution is -0.133. The SMILES string of the molecule is CN1CCCC[C@@H]1CC(=O)N1CCN(c2ccc3nccn3n2)CC1. The molecule has 1 amide bonds. The van der Waals surface area contributed by atoms with Crippen molar-refractivity contribution in [2.24, 2.45) is 0 Å². The topological polar surface area (TPSA) is 57.0 Å². The number of nitrogens with zero attached hydrogens (tertiary/aromatic N) is 6. The summed E-state index contributed by atoms with van der Waals surface area (Å²) in [5, 5.41) is 4.60. The van der Waals surface area contributed by atoms with Crippen LogP contribution < -0.4 is 4.90 Å². The third kappa shape index (κ3) is 3.46. The Morgan fingerprint density at radius 1 is 1.16 bits per heavy atom. The molecule has 0 unspecified atom stereocenters. The van der Waals surface area contributed by atoms with Gasteiger partial charge in [-0.3, -0.25) is 4.79 Å². The van der Waals surface area contributed by atoms with Crippen molar-refractivity contribution in [1.29, 1.82) is 0 Å². The molecule has 7 nitrogen and oxygen atoms in total. The van der Waals surface area contributed by atoms with Gasteiger partial charge in [-0.1, -0.05) is 6.42 Å². The molecule has 4 rings (SSSR count). The predicted octanol–water partition coefficient (Wildman–Crippen LogP) is 1.25. The van der Waals surface area contributed by atoms with Crippen molar-refractivity contribution < 1.29 is 4.79 Å². The molecule has 2 aromatic rings. The Bertz CT molecular complexity index is 736. The molecular weight excluding hydrogens is 316 g/mol. The van der Waals surface area contributed by atoms with Crippen molar-refractivity contribution >= 4 is 17.4 Å². The number of carbonyl (C=O) groups excluding carboxylic acids is 1. The van der Waals surface area contributed by atoms with E-state index in [4.69, 9.17) is 0 Å². The van der Waals surface area contributed by atoms with Gasteiger partial charge in [-0.2, -0.15) is 0 Å². The normalized spacial score (nSPS) is 22.5. The molecule has 2 aliphatic heterocycles. The Kier molecular flexibility index (Phi) is 4.57. The summed E-state index contributed by atoms with van der Waals surface area (Å²) in [5.74, 6) is 1.25. The van der Waals surface area contributed by atoms with Crippen LogP contribution in [0.4, 0.5) is 5.82 Å². The second-order valence-electron chi connectivity index (χ2n) is 7.12. The highest BCUT2D eigenvalue weighted by atomic mass is 16.2. The standard InChI is InChI=1S/C18H26N6O/c1-21-8-3-2-4-15(21)14-18(25)23-12-10-22(11-13-23)17-6-5-16-19-7-9-24(16)20-17/h5-7,9,15H,2-4,8,10-14H2,1H3/t15-/m1/s1. The number of carbonyl (C=O) groups is 1. The van der Waals surface area contributed by atoms with Gasteiger partial charge in [0.25, 0.3) is 0 Å². The fourth-order valence-electron chi connectivity index (χ4n) is 3.89. The molecule has 0 aromatic carbocycles. The first-order valence-electron chi connectivity index (χ1n) is 9.24. The van der Waals surface area contributed by atoms with Crippen molar-refractivity contribution in [1.82, 2.24) is 24.4 Å². The molecule has 0 saturated carbocycles. The van der Waals surface area contributed by atoms with Crippen molar-refractivity contribution in [3.05, 3.63) is 24.5 Å². The first-order valence-corrected chi connectivity index (χ1v) is 9.24. The van der Waals surface area contributed by atoms with Crippen LogP contribution in [0.25, 0.3) is 5.65 Å². The van der Waals surface area contributed by atoms with E-state index in [-0.39, 0.29) is 0 Å². The molecule has 0 bridgehead atoms. The van der Waals surface area contributed by atoms with Crippen LogP contribution in [0.2, 0.25) is 0 Å². The molecule has 25 heavy (non-hydrogen) atoms. The summed E-state index contributed by atoms with van der Waals surface area (Å²) >= 11 is 0. The lowest BCUT2D eigenvalue weighted by atomic mass is 9.99. The van der Waals surface area contributed by atoms with E-state index in [1.165, 1.54) is 12.8 Å². The molecule has 134 valence electrons. The van der Waals surface area contributed by atoms with Gasteiger partial charge in [-0.05, 0) is 38.6 Å². The minimum atomic E-state index is 0.302. The zero-order chi connectivity index (χ0) is 17.2. The maximum atomic E-state index is 12.6. The third-order valence-corrected chi connectivity index (χ3v) is 5.53. The minimum absolute atomic E-state index is 0.302. The average molecular weight is 342 g/mol. The molecule has 0 N–H and O–H groups in total. The number of piperidine rings is 1. The third-order valence-electron chi connectivity index (χ3n) is 5.53. The first-order chi connectivity index (χ1) is 12.2. The molecular formula is C18H26N6O. The van der Waals surface area contributed by atoms with Crippen LogP contribution in [-0.2, 0) is 4.79 Å². The lowest BCUT2D eigenvalue weighted by Crippen LogP contribution is -2.50. The van der Waals surface area contributed by atoms with Gasteiger partial charge in [0.1, 0.15) is 5.82 Å². The highest BCUT2D eigenvalue weighted by Crippen LogP contribution is 2.20. The first kappa shape index (κ1) is 16.3. The fourth-order valence-corrected chi connectivity index (χ4v) is 3.89. The van der Waals surface area contributed by atoms with Crippen LogP contribution in [-0.4, -0.2) is 76.1 Å². The Morgan fingerprint density at radius 3 is 2.80 bits per heavy atom. The summed E-state index contributed by atoms with van der Waals surface area (Å²) < 4.78 is 1.80. The van der Waals surface area contributed by atoms with E-state index in [1.807, 2.05) is 23.2 Å². The average Bonchev–Trinajstić information content (AvgIpc) is 3.11. The van der Waals surface area contributed by atoms with Gasteiger partial charge in [0.2, 0.25) is 5.91 Å². The van der Waals surface area contributed by atoms with Gasteiger partial charge in [-0.15, -0.1) is 5.10 Å². The number of anilines is 1. The van der Waals surface area contributed by atoms with Gasteiger partial charge in [0.05, 0.1) is 0 Å². The molecule has 2 aromatic heterocycles. The maximum Gasteiger partial charge on any atom is 0.224 e. The van der Waals surface area contributed by atoms with Gasteiger partial charge in [-0.25, -0.2) is 9.50 Å². The second kappa shape index (κ2) is 7.00. The summed E-state index contributed by atoms with van der Waals surface area (Å²) in [6, 6.07) is 4.42. The summed E-state index contributed by atoms with van der Waals surface area (Å²) in [5.41, 5.74) is 0.856. The van der Waals surface area contributed by atoms with Crippen molar-refractivity contribution in [3.63, 3.8) is 0 Å². The highest BCUT2D eigenvalue weighted by molar-refractivity contribution is 5.77. The number of rotatable bonds is 3. The van der Waals surface area contributed by atoms with Gasteiger partial charge in [0.15, 0.2) is 5.65 Å². The Balaban J connectivity index is 1.33. The van der Waals surface area contributed by atoms with Gasteiger partial charge in [0, 0.05) is 51.0 Å². The number of aromatic nitrogens is 3. The van der Waals surface area contributed by atoms with E-state index in [0.717, 1.165) is 50.6 Å². The maximum absolute atomic E-state index is 12.6. The number of hydrogen-bond donors (Lipinski definition) is 0. The van der Waals surface area contributed by atoms with Crippen molar-refractivity contribution in [2.75, 3.05) is 44.7 Å². The number of amides is 1. The monoisotopic (exact) mass is 342 g/mol. The van der Waals surface area contributed by atoms with Crippen molar-refractivity contribution in [3.8, 4) is 0 Å². The summed E-state index contributed by atoms with van der Waals surface area (Å²) in [6.45, 7) is 4.34. The molecule has 7 heteroatoms. The van der Waals surface area contributed by atoms with E-state index in [1.54, 1.807) is 10.7 Å². The zero-order valence-corrected chi connectivity index (χ0v) is 14.8. The molecule has 0 radical (unpaired) electrons. The van der Waals surface area contributed by atoms with Crippen molar-refractivity contribution in [2.45, 2.75) is 31.7 Å². The van der Waals surface area contributed by atoms with E-state index in [2.05, 4.69) is 26.9 Å². The Labute approximate surface area is 148 Å². The van der Waals surface area contributed by atoms with E-state index in [9.17, 15) is 4.79 Å². The van der Waals surface area contributed by atoms with Gasteiger partial charge < -0.3 is 14.7 Å². The molecule has 2 fully saturated rings. The Hall–Kier alpha value is -2.15. The molecule has 2 aliphatic rings. The molecule has 1 atom stereocenters. The predicted molar refractivity (Wildman–Crippen MR) is 96.7 cm³/mol. The summed E-state index contributed by atoms with van der Waals surface area (Å²) in [4.78, 5) is 23.5. The summed E-state index contributed by atoms with van der Waals surface area (Å²) in [7, 11) is 2.15. The van der Waals surface area contributed by atoms with Crippen LogP contribution in [0.1, 0.15) is 25.7 Å². The van der Waals surface area contributed by atoms with Crippen LogP contribution in [0.3, 0.4) is 0 Å². The fraction of sp³-hybridized carbons (Fsp3) is 0.611. The number of imidazole rings is 1. The molecule has 0 aliphatic carbocycles. The minimum Gasteiger partial charge on any atom is -0.352 e. The van der Waals surface area contributed by atoms with E-state index >= 15 is 0 Å². The van der Waals surface area contributed by atoms with Crippen LogP contribution in [0, 0.1) is 0 Å². The van der Waals surface area contributed by atoms with E-state index in [0.29, 0.717) is 18.4 Å². The van der Waals surface area contributed by atoms with Gasteiger partial charge >= 0.3 is 0 Å². The quantitative estimate of drug-likeness (QED) is 0.840. The van der Waals surface area contributed by atoms with Crippen LogP contribution in [0.5, 0.6) is 0 Å². The second-order valence-corrected chi connectivity index (χ2v) is 7.12. The van der Waals surface area contributed by atoms with Crippen LogP contribution >= 0.6 is 0 Å². The number of fused-ring (bicyclic) bond motifs is 1. The summed E-state index contributed by atoms with van der Waals surface area (Å²) in [6.07, 6.45) is 7.93. The zero-order valence-electron chi connectivity index (χ0n) is 14.8.